The number of carbonyl (C=O) groups excluding carboxylic acids is 1. The van der Waals surface area contributed by atoms with Gasteiger partial charge in [-0.05, 0) is 55.1 Å². The van der Waals surface area contributed by atoms with E-state index in [1.165, 1.54) is 6.20 Å². The fourth-order valence-electron chi connectivity index (χ4n) is 2.86. The number of halogens is 6. The van der Waals surface area contributed by atoms with Gasteiger partial charge in [-0.15, -0.1) is 0 Å². The molecule has 0 unspecified atom stereocenters. The molecule has 1 aliphatic carbocycles. The summed E-state index contributed by atoms with van der Waals surface area (Å²) in [5.41, 5.74) is -0.431. The molecule has 2 aromatic rings. The predicted molar refractivity (Wildman–Crippen MR) is 113 cm³/mol. The molecule has 0 bridgehead atoms. The lowest BCUT2D eigenvalue weighted by molar-refractivity contribution is -0.137. The smallest absolute Gasteiger partial charge is 0.326 e. The van der Waals surface area contributed by atoms with E-state index in [1.54, 1.807) is 12.1 Å². The van der Waals surface area contributed by atoms with Gasteiger partial charge in [0.05, 0.1) is 5.56 Å². The van der Waals surface area contributed by atoms with E-state index in [-0.39, 0.29) is 18.7 Å². The Labute approximate surface area is 187 Å². The summed E-state index contributed by atoms with van der Waals surface area (Å²) in [6.07, 6.45) is -2.55. The van der Waals surface area contributed by atoms with E-state index in [1.807, 2.05) is 13.8 Å². The molecule has 1 atom stereocenters. The van der Waals surface area contributed by atoms with Crippen LogP contribution in [0.25, 0.3) is 0 Å². The van der Waals surface area contributed by atoms with E-state index in [2.05, 4.69) is 10.3 Å². The summed E-state index contributed by atoms with van der Waals surface area (Å²) in [6.45, 7) is 4.00. The van der Waals surface area contributed by atoms with Crippen molar-refractivity contribution < 1.29 is 31.1 Å². The second-order valence-electron chi connectivity index (χ2n) is 6.65. The van der Waals surface area contributed by atoms with E-state index in [0.717, 1.165) is 30.1 Å². The summed E-state index contributed by atoms with van der Waals surface area (Å²) in [4.78, 5) is 15.9. The summed E-state index contributed by atoms with van der Waals surface area (Å²) in [6, 6.07) is 6.50. The highest BCUT2D eigenvalue weighted by molar-refractivity contribution is 7.97. The third-order valence-corrected chi connectivity index (χ3v) is 4.75. The SMILES string of the molecule is CC.Fc1cccc(C(F)(F)F)c1.NSc1cc(NC(=O)[C@H]2CCCC(F)(F)C2)ccn1. The molecule has 3 N–H and O–H groups in total. The number of rotatable bonds is 3. The zero-order valence-corrected chi connectivity index (χ0v) is 18.4. The van der Waals surface area contributed by atoms with Gasteiger partial charge in [0.15, 0.2) is 0 Å². The Bertz CT molecular complexity index is 863. The van der Waals surface area contributed by atoms with Crippen LogP contribution in [0.4, 0.5) is 32.0 Å². The Kier molecular flexibility index (Phi) is 11.0. The van der Waals surface area contributed by atoms with Gasteiger partial charge in [-0.3, -0.25) is 9.93 Å². The average Bonchev–Trinajstić information content (AvgIpc) is 2.74. The Hall–Kier alpha value is -2.27. The molecule has 0 radical (unpaired) electrons. The number of nitrogens with zero attached hydrogens (tertiary/aromatic N) is 1. The molecule has 3 rings (SSSR count). The van der Waals surface area contributed by atoms with Crippen LogP contribution in [0.2, 0.25) is 0 Å². The maximum atomic E-state index is 13.3. The fourth-order valence-corrected chi connectivity index (χ4v) is 3.17. The molecule has 11 heteroatoms. The normalized spacial score (nSPS) is 17.2. The Balaban J connectivity index is 0.000000335. The van der Waals surface area contributed by atoms with E-state index in [9.17, 15) is 31.1 Å². The number of pyridine rings is 1. The van der Waals surface area contributed by atoms with Crippen molar-refractivity contribution in [2.24, 2.45) is 11.1 Å². The van der Waals surface area contributed by atoms with Crippen LogP contribution in [0.15, 0.2) is 47.6 Å². The molecule has 178 valence electrons. The van der Waals surface area contributed by atoms with Crippen LogP contribution in [0.1, 0.15) is 45.1 Å². The number of carbonyl (C=O) groups is 1. The van der Waals surface area contributed by atoms with Crippen molar-refractivity contribution in [2.45, 2.75) is 56.7 Å². The molecule has 1 amide bonds. The van der Waals surface area contributed by atoms with Gasteiger partial charge >= 0.3 is 6.18 Å². The Morgan fingerprint density at radius 1 is 1.22 bits per heavy atom. The molecule has 1 fully saturated rings. The molecule has 1 heterocycles. The van der Waals surface area contributed by atoms with Gasteiger partial charge in [-0.2, -0.15) is 13.2 Å². The number of aromatic nitrogens is 1. The number of nitrogens with one attached hydrogen (secondary N) is 1. The van der Waals surface area contributed by atoms with Crippen molar-refractivity contribution in [3.63, 3.8) is 0 Å². The lowest BCUT2D eigenvalue weighted by atomic mass is 9.86. The quantitative estimate of drug-likeness (QED) is 0.379. The zero-order valence-electron chi connectivity index (χ0n) is 17.6. The Morgan fingerprint density at radius 3 is 2.44 bits per heavy atom. The van der Waals surface area contributed by atoms with Gasteiger partial charge < -0.3 is 5.32 Å². The van der Waals surface area contributed by atoms with Crippen LogP contribution in [0.3, 0.4) is 0 Å². The minimum atomic E-state index is -4.46. The standard InChI is InChI=1S/C12H15F2N3OS.C7H4F4.C2H6/c13-12(14)4-1-2-8(7-12)11(18)17-9-3-5-16-10(6-9)19-15;8-6-3-1-2-5(4-6)7(9,10)11;1-2/h3,5-6,8H,1-2,4,7,15H2,(H,16,17,18);1-4H;1-2H3/t8-;;/m0../s1. The van der Waals surface area contributed by atoms with E-state index in [4.69, 9.17) is 5.14 Å². The van der Waals surface area contributed by atoms with Crippen LogP contribution in [-0.2, 0) is 11.0 Å². The summed E-state index contributed by atoms with van der Waals surface area (Å²) < 4.78 is 74.1. The highest BCUT2D eigenvalue weighted by Crippen LogP contribution is 2.37. The van der Waals surface area contributed by atoms with Gasteiger partial charge in [-0.1, -0.05) is 19.9 Å². The second-order valence-corrected chi connectivity index (χ2v) is 7.30. The highest BCUT2D eigenvalue weighted by atomic mass is 32.2. The third kappa shape index (κ3) is 9.47. The number of hydrogen-bond acceptors (Lipinski definition) is 4. The van der Waals surface area contributed by atoms with Gasteiger partial charge in [0.1, 0.15) is 10.8 Å². The molecule has 0 aliphatic heterocycles. The number of nitrogens with two attached hydrogens (primary N) is 1. The van der Waals surface area contributed by atoms with Crippen molar-refractivity contribution in [1.29, 1.82) is 0 Å². The maximum Gasteiger partial charge on any atom is 0.416 e. The van der Waals surface area contributed by atoms with Crippen molar-refractivity contribution in [3.05, 3.63) is 54.0 Å². The molecular weight excluding hydrogens is 456 g/mol. The lowest BCUT2D eigenvalue weighted by Gasteiger charge is -2.27. The van der Waals surface area contributed by atoms with Gasteiger partial charge in [0.2, 0.25) is 11.8 Å². The first-order valence-corrected chi connectivity index (χ1v) is 10.7. The summed E-state index contributed by atoms with van der Waals surface area (Å²) in [5, 5.41) is 8.57. The minimum Gasteiger partial charge on any atom is -0.326 e. The van der Waals surface area contributed by atoms with Crippen molar-refractivity contribution in [2.75, 3.05) is 5.32 Å². The highest BCUT2D eigenvalue weighted by Gasteiger charge is 2.39. The number of anilines is 1. The lowest BCUT2D eigenvalue weighted by Crippen LogP contribution is -2.33. The molecule has 1 aromatic heterocycles. The monoisotopic (exact) mass is 481 g/mol. The largest absolute Gasteiger partial charge is 0.416 e. The van der Waals surface area contributed by atoms with E-state index < -0.39 is 29.4 Å². The summed E-state index contributed by atoms with van der Waals surface area (Å²) in [5.74, 6) is -4.60. The first-order valence-electron chi connectivity index (χ1n) is 9.84. The first kappa shape index (κ1) is 27.8. The first-order chi connectivity index (χ1) is 15.0. The summed E-state index contributed by atoms with van der Waals surface area (Å²) in [7, 11) is 0. The molecule has 1 aromatic carbocycles. The second kappa shape index (κ2) is 12.7. The molecule has 1 saturated carbocycles. The molecule has 0 spiro atoms. The third-order valence-electron chi connectivity index (χ3n) is 4.29. The fraction of sp³-hybridized carbons (Fsp3) is 0.429. The predicted octanol–water partition coefficient (Wildman–Crippen LogP) is 6.68. The number of hydrogen-bond donors (Lipinski definition) is 2. The van der Waals surface area contributed by atoms with Gasteiger partial charge in [0, 0.05) is 30.6 Å². The Morgan fingerprint density at radius 2 is 1.91 bits per heavy atom. The summed E-state index contributed by atoms with van der Waals surface area (Å²) >= 11 is 0.963. The zero-order chi connectivity index (χ0) is 24.4. The van der Waals surface area contributed by atoms with Crippen LogP contribution < -0.4 is 10.5 Å². The number of amides is 1. The van der Waals surface area contributed by atoms with Crippen LogP contribution in [-0.4, -0.2) is 16.8 Å². The van der Waals surface area contributed by atoms with Crippen LogP contribution in [0, 0.1) is 11.7 Å². The number of alkyl halides is 5. The molecule has 1 aliphatic rings. The average molecular weight is 482 g/mol. The number of benzene rings is 1. The topological polar surface area (TPSA) is 68.0 Å². The molecule has 32 heavy (non-hydrogen) atoms. The van der Waals surface area contributed by atoms with E-state index >= 15 is 0 Å². The van der Waals surface area contributed by atoms with Crippen molar-refractivity contribution in [3.8, 4) is 0 Å². The molecule has 0 saturated heterocycles. The minimum absolute atomic E-state index is 0.125. The van der Waals surface area contributed by atoms with Crippen molar-refractivity contribution >= 4 is 23.5 Å². The maximum absolute atomic E-state index is 13.3. The van der Waals surface area contributed by atoms with E-state index in [0.29, 0.717) is 29.6 Å². The molecule has 4 nitrogen and oxygen atoms in total. The molecular formula is C21H25F6N3OS. The van der Waals surface area contributed by atoms with Crippen LogP contribution in [0.5, 0.6) is 0 Å². The van der Waals surface area contributed by atoms with Gasteiger partial charge in [-0.25, -0.2) is 18.2 Å². The van der Waals surface area contributed by atoms with Crippen molar-refractivity contribution in [1.82, 2.24) is 4.98 Å². The van der Waals surface area contributed by atoms with Crippen LogP contribution >= 0.6 is 11.9 Å². The van der Waals surface area contributed by atoms with Gasteiger partial charge in [0.25, 0.3) is 0 Å².